The fourth-order valence-electron chi connectivity index (χ4n) is 4.99. The van der Waals surface area contributed by atoms with Gasteiger partial charge >= 0.3 is 5.97 Å². The summed E-state index contributed by atoms with van der Waals surface area (Å²) in [6.07, 6.45) is 6.41. The Hall–Kier alpha value is -1.88. The predicted molar refractivity (Wildman–Crippen MR) is 95.4 cm³/mol. The number of amides is 1. The number of nitrogens with zero attached hydrogens (tertiary/aromatic N) is 2. The lowest BCUT2D eigenvalue weighted by Gasteiger charge is -2.33. The third-order valence-electron chi connectivity index (χ3n) is 6.20. The fourth-order valence-corrected chi connectivity index (χ4v) is 4.99. The number of hydrogen-bond acceptors (Lipinski definition) is 4. The van der Waals surface area contributed by atoms with Gasteiger partial charge in [0, 0.05) is 18.3 Å². The van der Waals surface area contributed by atoms with Crippen molar-refractivity contribution in [1.29, 1.82) is 0 Å². The number of esters is 1. The molecule has 4 rings (SSSR count). The molecule has 2 aliphatic heterocycles. The molecule has 2 heterocycles. The fraction of sp³-hybridized carbons (Fsp3) is 0.600. The van der Waals surface area contributed by atoms with Gasteiger partial charge in [-0.25, -0.2) is 0 Å². The second kappa shape index (κ2) is 6.79. The van der Waals surface area contributed by atoms with Crippen LogP contribution in [0.15, 0.2) is 24.3 Å². The summed E-state index contributed by atoms with van der Waals surface area (Å²) in [4.78, 5) is 29.3. The van der Waals surface area contributed by atoms with Gasteiger partial charge in [-0.05, 0) is 43.2 Å². The van der Waals surface area contributed by atoms with Crippen LogP contribution in [0.4, 0.5) is 5.69 Å². The van der Waals surface area contributed by atoms with E-state index in [4.69, 9.17) is 4.74 Å². The number of anilines is 1. The second-order valence-electron chi connectivity index (χ2n) is 7.48. The second-order valence-corrected chi connectivity index (χ2v) is 7.48. The van der Waals surface area contributed by atoms with Crippen LogP contribution in [-0.2, 0) is 20.7 Å². The van der Waals surface area contributed by atoms with Gasteiger partial charge in [-0.1, -0.05) is 31.0 Å². The molecule has 0 unspecified atom stereocenters. The molecule has 2 fully saturated rings. The van der Waals surface area contributed by atoms with Crippen molar-refractivity contribution >= 4 is 17.6 Å². The van der Waals surface area contributed by atoms with Crippen molar-refractivity contribution in [1.82, 2.24) is 4.90 Å². The summed E-state index contributed by atoms with van der Waals surface area (Å²) < 4.78 is 5.03. The van der Waals surface area contributed by atoms with Gasteiger partial charge in [0.15, 0.2) is 0 Å². The molecular formula is C20H26N2O3. The Morgan fingerprint density at radius 2 is 2.00 bits per heavy atom. The lowest BCUT2D eigenvalue weighted by Crippen LogP contribution is -2.48. The average Bonchev–Trinajstić information content (AvgIpc) is 3.23. The molecule has 3 atom stereocenters. The summed E-state index contributed by atoms with van der Waals surface area (Å²) in [6.45, 7) is 1.05. The van der Waals surface area contributed by atoms with Crippen LogP contribution < -0.4 is 4.90 Å². The highest BCUT2D eigenvalue weighted by molar-refractivity contribution is 5.97. The highest BCUT2D eigenvalue weighted by atomic mass is 16.5. The minimum atomic E-state index is -0.264. The zero-order chi connectivity index (χ0) is 17.4. The van der Waals surface area contributed by atoms with Crippen molar-refractivity contribution in [3.63, 3.8) is 0 Å². The molecule has 5 heteroatoms. The molecule has 1 aromatic rings. The molecule has 3 aliphatic rings. The van der Waals surface area contributed by atoms with E-state index in [2.05, 4.69) is 11.0 Å². The first-order chi connectivity index (χ1) is 12.2. The normalized spacial score (nSPS) is 28.5. The van der Waals surface area contributed by atoms with E-state index in [1.165, 1.54) is 25.5 Å². The van der Waals surface area contributed by atoms with E-state index in [9.17, 15) is 9.59 Å². The maximum Gasteiger partial charge on any atom is 0.323 e. The van der Waals surface area contributed by atoms with Gasteiger partial charge in [0.25, 0.3) is 0 Å². The molecule has 1 aliphatic carbocycles. The molecule has 5 nitrogen and oxygen atoms in total. The summed E-state index contributed by atoms with van der Waals surface area (Å²) in [6, 6.07) is 8.19. The molecule has 0 radical (unpaired) electrons. The Morgan fingerprint density at radius 1 is 1.20 bits per heavy atom. The van der Waals surface area contributed by atoms with E-state index in [0.29, 0.717) is 18.5 Å². The summed E-state index contributed by atoms with van der Waals surface area (Å²) in [5, 5.41) is 0. The topological polar surface area (TPSA) is 49.9 Å². The number of carbonyl (C=O) groups excluding carboxylic acids is 2. The smallest absolute Gasteiger partial charge is 0.323 e. The highest BCUT2D eigenvalue weighted by Crippen LogP contribution is 2.40. The third-order valence-corrected chi connectivity index (χ3v) is 6.20. The van der Waals surface area contributed by atoms with Gasteiger partial charge in [-0.15, -0.1) is 0 Å². The van der Waals surface area contributed by atoms with E-state index in [-0.39, 0.29) is 17.9 Å². The number of para-hydroxylation sites is 1. The Kier molecular flexibility index (Phi) is 4.50. The van der Waals surface area contributed by atoms with Crippen LogP contribution >= 0.6 is 0 Å². The summed E-state index contributed by atoms with van der Waals surface area (Å²) in [5.41, 5.74) is 2.26. The number of likely N-dealkylation sites (tertiary alicyclic amines) is 1. The van der Waals surface area contributed by atoms with E-state index < -0.39 is 0 Å². The number of benzene rings is 1. The van der Waals surface area contributed by atoms with E-state index in [1.807, 2.05) is 23.1 Å². The molecule has 134 valence electrons. The van der Waals surface area contributed by atoms with Crippen LogP contribution in [0.3, 0.4) is 0 Å². The quantitative estimate of drug-likeness (QED) is 0.792. The van der Waals surface area contributed by atoms with Gasteiger partial charge < -0.3 is 9.64 Å². The van der Waals surface area contributed by atoms with Gasteiger partial charge in [-0.3, -0.25) is 14.5 Å². The van der Waals surface area contributed by atoms with Crippen LogP contribution in [0, 0.1) is 5.92 Å². The van der Waals surface area contributed by atoms with Crippen molar-refractivity contribution in [2.45, 2.75) is 50.6 Å². The minimum Gasteiger partial charge on any atom is -0.468 e. The first kappa shape index (κ1) is 16.6. The maximum absolute atomic E-state index is 13.0. The van der Waals surface area contributed by atoms with Crippen LogP contribution in [0.25, 0.3) is 0 Å². The Labute approximate surface area is 148 Å². The standard InChI is InChI=1S/C20H26N2O3/c1-25-20(24)18-12-15-7-3-5-9-17(15)22(18)13-19(23)21-11-10-14-6-2-4-8-16(14)21/h2,4,6,8,15,17-18H,3,5,7,9-13H2,1H3/t15-,17+,18+/m1/s1. The molecule has 1 saturated carbocycles. The van der Waals surface area contributed by atoms with Crippen molar-refractivity contribution < 1.29 is 14.3 Å². The summed E-state index contributed by atoms with van der Waals surface area (Å²) in [7, 11) is 1.45. The van der Waals surface area contributed by atoms with E-state index >= 15 is 0 Å². The number of hydrogen-bond donors (Lipinski definition) is 0. The van der Waals surface area contributed by atoms with Gasteiger partial charge in [0.05, 0.1) is 13.7 Å². The van der Waals surface area contributed by atoms with E-state index in [0.717, 1.165) is 37.9 Å². The number of rotatable bonds is 3. The minimum absolute atomic E-state index is 0.102. The number of carbonyl (C=O) groups is 2. The third kappa shape index (κ3) is 2.95. The maximum atomic E-state index is 13.0. The van der Waals surface area contributed by atoms with Gasteiger partial charge in [-0.2, -0.15) is 0 Å². The Morgan fingerprint density at radius 3 is 2.84 bits per heavy atom. The van der Waals surface area contributed by atoms with Crippen molar-refractivity contribution in [2.24, 2.45) is 5.92 Å². The Bertz CT molecular complexity index is 675. The molecular weight excluding hydrogens is 316 g/mol. The molecule has 0 bridgehead atoms. The van der Waals surface area contributed by atoms with Crippen LogP contribution in [0.5, 0.6) is 0 Å². The molecule has 0 N–H and O–H groups in total. The molecule has 0 spiro atoms. The first-order valence-corrected chi connectivity index (χ1v) is 9.41. The number of fused-ring (bicyclic) bond motifs is 2. The van der Waals surface area contributed by atoms with E-state index in [1.54, 1.807) is 0 Å². The molecule has 0 aromatic heterocycles. The SMILES string of the molecule is COC(=O)[C@@H]1C[C@H]2CCCC[C@@H]2N1CC(=O)N1CCc2ccccc21. The van der Waals surface area contributed by atoms with Gasteiger partial charge in [0.2, 0.25) is 5.91 Å². The molecule has 1 aromatic carbocycles. The summed E-state index contributed by atoms with van der Waals surface area (Å²) in [5.74, 6) is 0.436. The zero-order valence-electron chi connectivity index (χ0n) is 14.8. The molecule has 1 amide bonds. The Balaban J connectivity index is 1.53. The lowest BCUT2D eigenvalue weighted by atomic mass is 9.85. The van der Waals surface area contributed by atoms with Gasteiger partial charge in [0.1, 0.15) is 6.04 Å². The molecule has 25 heavy (non-hydrogen) atoms. The lowest BCUT2D eigenvalue weighted by molar-refractivity contribution is -0.146. The molecule has 1 saturated heterocycles. The predicted octanol–water partition coefficient (Wildman–Crippen LogP) is 2.38. The monoisotopic (exact) mass is 342 g/mol. The summed E-state index contributed by atoms with van der Waals surface area (Å²) >= 11 is 0. The zero-order valence-corrected chi connectivity index (χ0v) is 14.8. The number of ether oxygens (including phenoxy) is 1. The average molecular weight is 342 g/mol. The largest absolute Gasteiger partial charge is 0.468 e. The van der Waals surface area contributed by atoms with Crippen LogP contribution in [0.2, 0.25) is 0 Å². The first-order valence-electron chi connectivity index (χ1n) is 9.41. The van der Waals surface area contributed by atoms with Crippen molar-refractivity contribution in [3.05, 3.63) is 29.8 Å². The highest BCUT2D eigenvalue weighted by Gasteiger charge is 2.46. The van der Waals surface area contributed by atoms with Crippen molar-refractivity contribution in [3.8, 4) is 0 Å². The number of methoxy groups -OCH3 is 1. The van der Waals surface area contributed by atoms with Crippen molar-refractivity contribution in [2.75, 3.05) is 25.1 Å². The van der Waals surface area contributed by atoms with Crippen LogP contribution in [-0.4, -0.2) is 49.1 Å². The van der Waals surface area contributed by atoms with Crippen LogP contribution in [0.1, 0.15) is 37.7 Å².